The average molecular weight is 390 g/mol. The summed E-state index contributed by atoms with van der Waals surface area (Å²) < 4.78 is 31.5. The van der Waals surface area contributed by atoms with E-state index >= 15 is 0 Å². The number of allylic oxidation sites excluding steroid dienone is 2. The van der Waals surface area contributed by atoms with Crippen molar-refractivity contribution in [2.45, 2.75) is 31.9 Å². The maximum Gasteiger partial charge on any atom is 0.269 e. The molecule has 0 saturated carbocycles. The molecule has 3 N–H and O–H groups in total. The molecule has 1 rings (SSSR count). The third kappa shape index (κ3) is 5.92. The molecule has 2 atom stereocenters. The Morgan fingerprint density at radius 3 is 2.39 bits per heavy atom. The highest BCUT2D eigenvalue weighted by Crippen LogP contribution is 2.24. The van der Waals surface area contributed by atoms with E-state index in [0.29, 0.717) is 5.56 Å². The molecule has 1 aromatic rings. The van der Waals surface area contributed by atoms with E-state index in [1.165, 1.54) is 17.6 Å². The molecule has 0 aliphatic rings. The Bertz CT molecular complexity index is 845. The topological polar surface area (TPSA) is 87.7 Å². The first-order valence-corrected chi connectivity index (χ1v) is 8.11. The zero-order valence-electron chi connectivity index (χ0n) is 15.5. The minimum atomic E-state index is -3.11. The van der Waals surface area contributed by atoms with Crippen LogP contribution in [0.1, 0.15) is 29.8 Å². The Balaban J connectivity index is 3.00. The number of hydrogen-bond donors (Lipinski definition) is 3. The predicted molar refractivity (Wildman–Crippen MR) is 98.5 cm³/mol. The van der Waals surface area contributed by atoms with Crippen LogP contribution in [0, 0.1) is 23.7 Å². The number of hydrogen-bond acceptors (Lipinski definition) is 4. The van der Waals surface area contributed by atoms with Crippen LogP contribution in [0.15, 0.2) is 36.4 Å². The van der Waals surface area contributed by atoms with E-state index in [9.17, 15) is 18.4 Å². The number of halogens is 2. The van der Waals surface area contributed by atoms with Crippen LogP contribution < -0.4 is 10.8 Å². The highest BCUT2D eigenvalue weighted by Gasteiger charge is 2.48. The molecule has 0 aliphatic heterocycles. The van der Waals surface area contributed by atoms with Gasteiger partial charge in [0.2, 0.25) is 0 Å². The van der Waals surface area contributed by atoms with Crippen LogP contribution in [-0.4, -0.2) is 42.2 Å². The number of amides is 2. The lowest BCUT2D eigenvalue weighted by atomic mass is 9.95. The summed E-state index contributed by atoms with van der Waals surface area (Å²) in [5.74, 6) is 8.70. The average Bonchev–Trinajstić information content (AvgIpc) is 2.70. The predicted octanol–water partition coefficient (Wildman–Crippen LogP) is 1.89. The van der Waals surface area contributed by atoms with Crippen LogP contribution in [0.25, 0.3) is 0 Å². The van der Waals surface area contributed by atoms with E-state index < -0.39 is 29.9 Å². The number of ether oxygens (including phenoxy) is 1. The van der Waals surface area contributed by atoms with Crippen LogP contribution in [-0.2, 0) is 9.53 Å². The van der Waals surface area contributed by atoms with E-state index in [2.05, 4.69) is 29.0 Å². The molecule has 0 saturated heterocycles. The molecular weight excluding hydrogens is 370 g/mol. The quantitative estimate of drug-likeness (QED) is 0.393. The van der Waals surface area contributed by atoms with Crippen LogP contribution in [0.5, 0.6) is 0 Å². The lowest BCUT2D eigenvalue weighted by molar-refractivity contribution is -0.157. The van der Waals surface area contributed by atoms with E-state index in [0.717, 1.165) is 14.0 Å². The molecule has 2 unspecified atom stereocenters. The van der Waals surface area contributed by atoms with Crippen molar-refractivity contribution in [1.29, 1.82) is 0 Å². The molecule has 0 spiro atoms. The highest BCUT2D eigenvalue weighted by molar-refractivity contribution is 5.97. The van der Waals surface area contributed by atoms with E-state index in [-0.39, 0.29) is 5.56 Å². The first-order valence-electron chi connectivity index (χ1n) is 8.11. The summed E-state index contributed by atoms with van der Waals surface area (Å²) in [6.45, 7) is 2.78. The minimum Gasteiger partial charge on any atom is -0.370 e. The van der Waals surface area contributed by atoms with Crippen molar-refractivity contribution in [1.82, 2.24) is 10.8 Å². The lowest BCUT2D eigenvalue weighted by Crippen LogP contribution is -2.62. The van der Waals surface area contributed by atoms with Gasteiger partial charge < -0.3 is 10.1 Å². The van der Waals surface area contributed by atoms with Gasteiger partial charge in [-0.25, -0.2) is 14.3 Å². The second-order valence-corrected chi connectivity index (χ2v) is 5.67. The molecule has 2 amide bonds. The standard InChI is InChI=1S/C20H20F2N2O4/c1-4-5-6-7-8-9-14-10-12-15(13-11-14)17(25)23-16(18(26)24-27)20(2,28-3)19(21)22/h4-5,10-13,16,19,27H,1-3H3,(H,23,25)(H,24,26). The van der Waals surface area contributed by atoms with Gasteiger partial charge >= 0.3 is 0 Å². The molecule has 0 radical (unpaired) electrons. The molecule has 1 aromatic carbocycles. The van der Waals surface area contributed by atoms with Gasteiger partial charge in [-0.2, -0.15) is 0 Å². The number of rotatable bonds is 6. The van der Waals surface area contributed by atoms with Gasteiger partial charge in [0.05, 0.1) is 0 Å². The smallest absolute Gasteiger partial charge is 0.269 e. The van der Waals surface area contributed by atoms with Gasteiger partial charge in [0.15, 0.2) is 5.60 Å². The zero-order chi connectivity index (χ0) is 21.2. The molecule has 148 valence electrons. The Labute approximate surface area is 161 Å². The fourth-order valence-electron chi connectivity index (χ4n) is 2.05. The van der Waals surface area contributed by atoms with Crippen LogP contribution in [0.2, 0.25) is 0 Å². The number of hydroxylamine groups is 1. The Morgan fingerprint density at radius 2 is 1.89 bits per heavy atom. The van der Waals surface area contributed by atoms with Gasteiger partial charge in [-0.15, -0.1) is 0 Å². The lowest BCUT2D eigenvalue weighted by Gasteiger charge is -2.34. The van der Waals surface area contributed by atoms with Gasteiger partial charge in [0, 0.05) is 18.2 Å². The molecule has 0 aromatic heterocycles. The monoisotopic (exact) mass is 390 g/mol. The Morgan fingerprint density at radius 1 is 1.25 bits per heavy atom. The van der Waals surface area contributed by atoms with E-state index in [1.807, 2.05) is 6.92 Å². The molecule has 8 heteroatoms. The van der Waals surface area contributed by atoms with Gasteiger partial charge in [0.25, 0.3) is 18.2 Å². The number of alkyl halides is 2. The van der Waals surface area contributed by atoms with Crippen molar-refractivity contribution < 1.29 is 28.3 Å². The molecule has 28 heavy (non-hydrogen) atoms. The zero-order valence-corrected chi connectivity index (χ0v) is 15.5. The van der Waals surface area contributed by atoms with Gasteiger partial charge in [-0.3, -0.25) is 14.8 Å². The fraction of sp³-hybridized carbons (Fsp3) is 0.300. The third-order valence-electron chi connectivity index (χ3n) is 3.83. The molecule has 0 heterocycles. The van der Waals surface area contributed by atoms with Crippen molar-refractivity contribution in [2.75, 3.05) is 7.11 Å². The summed E-state index contributed by atoms with van der Waals surface area (Å²) in [4.78, 5) is 24.2. The number of carbonyl (C=O) groups excluding carboxylic acids is 2. The molecule has 6 nitrogen and oxygen atoms in total. The fourth-order valence-corrected chi connectivity index (χ4v) is 2.05. The molecule has 0 bridgehead atoms. The minimum absolute atomic E-state index is 0.106. The normalized spacial score (nSPS) is 13.5. The van der Waals surface area contributed by atoms with E-state index in [1.54, 1.807) is 24.3 Å². The number of carbonyl (C=O) groups is 2. The second kappa shape index (κ2) is 10.8. The van der Waals surface area contributed by atoms with Gasteiger partial charge in [-0.1, -0.05) is 17.9 Å². The van der Waals surface area contributed by atoms with Gasteiger partial charge in [0.1, 0.15) is 6.04 Å². The Hall–Kier alpha value is -3.20. The molecule has 0 fully saturated rings. The maximum atomic E-state index is 13.4. The summed E-state index contributed by atoms with van der Waals surface area (Å²) in [6.07, 6.45) is 0.310. The molecular formula is C20H20F2N2O4. The number of nitrogens with one attached hydrogen (secondary N) is 2. The summed E-state index contributed by atoms with van der Waals surface area (Å²) in [7, 11) is 0.975. The van der Waals surface area contributed by atoms with Crippen molar-refractivity contribution in [3.63, 3.8) is 0 Å². The van der Waals surface area contributed by atoms with Crippen molar-refractivity contribution in [2.24, 2.45) is 0 Å². The number of methoxy groups -OCH3 is 1. The van der Waals surface area contributed by atoms with Gasteiger partial charge in [-0.05, 0) is 56.0 Å². The van der Waals surface area contributed by atoms with Crippen molar-refractivity contribution >= 4 is 11.8 Å². The summed E-state index contributed by atoms with van der Waals surface area (Å²) >= 11 is 0. The summed E-state index contributed by atoms with van der Waals surface area (Å²) in [6, 6.07) is 4.08. The number of benzene rings is 1. The SMILES string of the molecule is CC=CC#CC#Cc1ccc(C(=O)NC(C(=O)NO)C(C)(OC)C(F)F)cc1. The first kappa shape index (κ1) is 22.8. The summed E-state index contributed by atoms with van der Waals surface area (Å²) in [5, 5.41) is 11.0. The van der Waals surface area contributed by atoms with Crippen molar-refractivity contribution in [3.8, 4) is 23.7 Å². The Kier molecular flexibility index (Phi) is 8.83. The maximum absolute atomic E-state index is 13.4. The third-order valence-corrected chi connectivity index (χ3v) is 3.83. The van der Waals surface area contributed by atoms with Crippen LogP contribution >= 0.6 is 0 Å². The largest absolute Gasteiger partial charge is 0.370 e. The highest BCUT2D eigenvalue weighted by atomic mass is 19.3. The van der Waals surface area contributed by atoms with Crippen LogP contribution in [0.4, 0.5) is 8.78 Å². The molecule has 0 aliphatic carbocycles. The van der Waals surface area contributed by atoms with E-state index in [4.69, 9.17) is 9.94 Å². The second-order valence-electron chi connectivity index (χ2n) is 5.67. The first-order chi connectivity index (χ1) is 13.3. The summed E-state index contributed by atoms with van der Waals surface area (Å²) in [5.41, 5.74) is -0.393. The van der Waals surface area contributed by atoms with Crippen LogP contribution in [0.3, 0.4) is 0 Å². The van der Waals surface area contributed by atoms with Crippen molar-refractivity contribution in [3.05, 3.63) is 47.5 Å².